The fourth-order valence-corrected chi connectivity index (χ4v) is 5.24. The quantitative estimate of drug-likeness (QED) is 0.255. The summed E-state index contributed by atoms with van der Waals surface area (Å²) in [5, 5.41) is 16.2. The summed E-state index contributed by atoms with van der Waals surface area (Å²) in [6.45, 7) is 0. The normalized spacial score (nSPS) is 11.2. The lowest BCUT2D eigenvalue weighted by Crippen LogP contribution is -2.12. The molecular formula is C22H17N5O4S2. The van der Waals surface area contributed by atoms with Crippen LogP contribution in [0.5, 0.6) is 5.75 Å². The number of rotatable bonds is 7. The van der Waals surface area contributed by atoms with Crippen LogP contribution in [0.15, 0.2) is 54.0 Å². The number of nitro groups is 1. The van der Waals surface area contributed by atoms with E-state index in [1.807, 2.05) is 40.2 Å². The zero-order chi connectivity index (χ0) is 22.9. The molecule has 0 aliphatic heterocycles. The zero-order valence-corrected chi connectivity index (χ0v) is 19.0. The molecular weight excluding hydrogens is 462 g/mol. The Morgan fingerprint density at radius 3 is 2.79 bits per heavy atom. The van der Waals surface area contributed by atoms with Crippen molar-refractivity contribution in [1.29, 1.82) is 0 Å². The van der Waals surface area contributed by atoms with Gasteiger partial charge in [0.2, 0.25) is 5.91 Å². The summed E-state index contributed by atoms with van der Waals surface area (Å²) in [5.41, 5.74) is 3.47. The first-order valence-corrected chi connectivity index (χ1v) is 11.6. The molecule has 0 atom stereocenters. The number of aryl methyl sites for hydroxylation is 1. The van der Waals surface area contributed by atoms with Gasteiger partial charge in [-0.05, 0) is 36.8 Å². The number of carbonyl (C=O) groups excluding carboxylic acids is 1. The number of thiazole rings is 2. The Kier molecular flexibility index (Phi) is 5.48. The number of methoxy groups -OCH3 is 1. The average molecular weight is 480 g/mol. The molecule has 0 bridgehead atoms. The van der Waals surface area contributed by atoms with Crippen molar-refractivity contribution in [3.05, 3.63) is 69.8 Å². The van der Waals surface area contributed by atoms with Gasteiger partial charge in [-0.25, -0.2) is 9.97 Å². The molecule has 0 fully saturated rings. The summed E-state index contributed by atoms with van der Waals surface area (Å²) in [4.78, 5) is 32.9. The van der Waals surface area contributed by atoms with Crippen LogP contribution in [0, 0.1) is 10.1 Å². The highest BCUT2D eigenvalue weighted by Gasteiger charge is 2.14. The minimum absolute atomic E-state index is 0.000146. The zero-order valence-electron chi connectivity index (χ0n) is 17.3. The number of imidazole rings is 1. The van der Waals surface area contributed by atoms with E-state index < -0.39 is 4.92 Å². The predicted octanol–water partition coefficient (Wildman–Crippen LogP) is 5.16. The number of aromatic nitrogens is 3. The monoisotopic (exact) mass is 479 g/mol. The van der Waals surface area contributed by atoms with Crippen LogP contribution in [-0.2, 0) is 11.2 Å². The van der Waals surface area contributed by atoms with E-state index in [0.717, 1.165) is 27.7 Å². The first-order chi connectivity index (χ1) is 16.0. The number of nitrogens with zero attached hydrogens (tertiary/aromatic N) is 4. The van der Waals surface area contributed by atoms with Gasteiger partial charge in [0.1, 0.15) is 5.75 Å². The Labute approximate surface area is 195 Å². The van der Waals surface area contributed by atoms with Crippen molar-refractivity contribution in [1.82, 2.24) is 14.4 Å². The molecule has 0 saturated carbocycles. The van der Waals surface area contributed by atoms with Gasteiger partial charge < -0.3 is 10.1 Å². The maximum absolute atomic E-state index is 12.5. The van der Waals surface area contributed by atoms with Gasteiger partial charge in [-0.3, -0.25) is 19.3 Å². The summed E-state index contributed by atoms with van der Waals surface area (Å²) < 4.78 is 7.87. The highest BCUT2D eigenvalue weighted by atomic mass is 32.1. The molecule has 5 aromatic rings. The largest absolute Gasteiger partial charge is 0.497 e. The van der Waals surface area contributed by atoms with Crippen LogP contribution in [0.4, 0.5) is 10.8 Å². The Morgan fingerprint density at radius 2 is 2.03 bits per heavy atom. The number of amides is 1. The minimum Gasteiger partial charge on any atom is -0.497 e. The topological polar surface area (TPSA) is 112 Å². The van der Waals surface area contributed by atoms with Crippen molar-refractivity contribution in [3.63, 3.8) is 0 Å². The fourth-order valence-electron chi connectivity index (χ4n) is 3.41. The highest BCUT2D eigenvalue weighted by molar-refractivity contribution is 7.22. The van der Waals surface area contributed by atoms with Crippen LogP contribution < -0.4 is 10.1 Å². The lowest BCUT2D eigenvalue weighted by molar-refractivity contribution is -0.384. The molecule has 0 spiro atoms. The molecule has 3 heterocycles. The smallest absolute Gasteiger partial charge is 0.270 e. The van der Waals surface area contributed by atoms with E-state index in [1.165, 1.54) is 34.8 Å². The summed E-state index contributed by atoms with van der Waals surface area (Å²) >= 11 is 2.75. The molecule has 1 N–H and O–H groups in total. The first kappa shape index (κ1) is 21.0. The number of nitrogens with one attached hydrogen (secondary N) is 1. The molecule has 0 radical (unpaired) electrons. The van der Waals surface area contributed by atoms with Crippen molar-refractivity contribution in [2.75, 3.05) is 12.4 Å². The predicted molar refractivity (Wildman–Crippen MR) is 128 cm³/mol. The number of non-ortho nitro benzene ring substituents is 1. The van der Waals surface area contributed by atoms with E-state index in [9.17, 15) is 14.9 Å². The Hall–Kier alpha value is -3.83. The van der Waals surface area contributed by atoms with Crippen LogP contribution in [0.25, 0.3) is 26.4 Å². The van der Waals surface area contributed by atoms with Gasteiger partial charge in [-0.15, -0.1) is 11.3 Å². The molecule has 3 aromatic heterocycles. The number of fused-ring (bicyclic) bond motifs is 2. The number of nitro benzene ring substituents is 1. The van der Waals surface area contributed by atoms with E-state index in [2.05, 4.69) is 15.3 Å². The van der Waals surface area contributed by atoms with Gasteiger partial charge in [-0.1, -0.05) is 11.3 Å². The summed E-state index contributed by atoms with van der Waals surface area (Å²) in [6, 6.07) is 12.2. The molecule has 5 rings (SSSR count). The second kappa shape index (κ2) is 8.60. The number of hydrogen-bond acceptors (Lipinski definition) is 8. The third-order valence-corrected chi connectivity index (χ3v) is 6.93. The maximum atomic E-state index is 12.5. The van der Waals surface area contributed by atoms with Gasteiger partial charge in [0.05, 0.1) is 27.9 Å². The number of benzene rings is 2. The first-order valence-electron chi connectivity index (χ1n) is 9.95. The van der Waals surface area contributed by atoms with E-state index >= 15 is 0 Å². The Morgan fingerprint density at radius 1 is 1.21 bits per heavy atom. The third kappa shape index (κ3) is 4.28. The van der Waals surface area contributed by atoms with Crippen LogP contribution in [0.3, 0.4) is 0 Å². The molecule has 1 amide bonds. The standard InChI is InChI=1S/C22H17N5O4S2/c1-31-16-6-2-13(3-7-16)18-11-26-15(12-32-22(26)24-18)5-9-20(28)25-21-23-17-8-4-14(27(29)30)10-19(17)33-21/h2-4,6-8,10-12H,5,9H2,1H3,(H,23,25,28). The third-order valence-electron chi connectivity index (χ3n) is 5.11. The van der Waals surface area contributed by atoms with Crippen molar-refractivity contribution in [2.24, 2.45) is 0 Å². The molecule has 0 aliphatic carbocycles. The molecule has 0 saturated heterocycles. The van der Waals surface area contributed by atoms with Crippen molar-refractivity contribution in [2.45, 2.75) is 12.8 Å². The van der Waals surface area contributed by atoms with Crippen LogP contribution in [0.2, 0.25) is 0 Å². The summed E-state index contributed by atoms with van der Waals surface area (Å²) in [6.07, 6.45) is 2.79. The second-order valence-electron chi connectivity index (χ2n) is 7.21. The Balaban J connectivity index is 1.26. The molecule has 11 heteroatoms. The lowest BCUT2D eigenvalue weighted by Gasteiger charge is -2.02. The van der Waals surface area contributed by atoms with Crippen molar-refractivity contribution in [3.8, 4) is 17.0 Å². The summed E-state index contributed by atoms with van der Waals surface area (Å²) in [5.74, 6) is 0.622. The fraction of sp³-hybridized carbons (Fsp3) is 0.136. The number of hydrogen-bond donors (Lipinski definition) is 1. The molecule has 166 valence electrons. The maximum Gasteiger partial charge on any atom is 0.270 e. The van der Waals surface area contributed by atoms with E-state index in [-0.39, 0.29) is 18.0 Å². The molecule has 9 nitrogen and oxygen atoms in total. The van der Waals surface area contributed by atoms with Gasteiger partial charge in [-0.2, -0.15) is 0 Å². The van der Waals surface area contributed by atoms with Gasteiger partial charge in [0.25, 0.3) is 5.69 Å². The van der Waals surface area contributed by atoms with E-state index in [4.69, 9.17) is 4.74 Å². The number of anilines is 1. The SMILES string of the molecule is COc1ccc(-c2cn3c(CCC(=O)Nc4nc5ccc([N+](=O)[O-])cc5s4)csc3n2)cc1. The molecule has 0 aliphatic rings. The van der Waals surface area contributed by atoms with Gasteiger partial charge in [0.15, 0.2) is 10.1 Å². The molecule has 2 aromatic carbocycles. The lowest BCUT2D eigenvalue weighted by atomic mass is 10.1. The highest BCUT2D eigenvalue weighted by Crippen LogP contribution is 2.29. The molecule has 33 heavy (non-hydrogen) atoms. The van der Waals surface area contributed by atoms with E-state index in [0.29, 0.717) is 21.8 Å². The van der Waals surface area contributed by atoms with Gasteiger partial charge in [0, 0.05) is 41.4 Å². The second-order valence-corrected chi connectivity index (χ2v) is 9.08. The van der Waals surface area contributed by atoms with Crippen molar-refractivity contribution >= 4 is 54.6 Å². The van der Waals surface area contributed by atoms with E-state index in [1.54, 1.807) is 13.2 Å². The minimum atomic E-state index is -0.449. The Bertz CT molecular complexity index is 1490. The summed E-state index contributed by atoms with van der Waals surface area (Å²) in [7, 11) is 1.63. The van der Waals surface area contributed by atoms with Crippen LogP contribution >= 0.6 is 22.7 Å². The van der Waals surface area contributed by atoms with Crippen molar-refractivity contribution < 1.29 is 14.5 Å². The number of carbonyl (C=O) groups is 1. The van der Waals surface area contributed by atoms with Crippen LogP contribution in [-0.4, -0.2) is 32.3 Å². The molecule has 0 unspecified atom stereocenters. The van der Waals surface area contributed by atoms with Crippen LogP contribution in [0.1, 0.15) is 12.1 Å². The van der Waals surface area contributed by atoms with Gasteiger partial charge >= 0.3 is 0 Å². The number of ether oxygens (including phenoxy) is 1. The average Bonchev–Trinajstić information content (AvgIpc) is 3.51.